The summed E-state index contributed by atoms with van der Waals surface area (Å²) in [6.07, 6.45) is 0.219. The maximum absolute atomic E-state index is 12.6. The van der Waals surface area contributed by atoms with Crippen LogP contribution >= 0.6 is 0 Å². The summed E-state index contributed by atoms with van der Waals surface area (Å²) in [6, 6.07) is 11.0. The number of benzene rings is 2. The molecule has 1 amide bonds. The number of ketones is 1. The lowest BCUT2D eigenvalue weighted by Gasteiger charge is -2.29. The van der Waals surface area contributed by atoms with Crippen LogP contribution in [-0.4, -0.2) is 28.4 Å². The van der Waals surface area contributed by atoms with E-state index in [9.17, 15) is 19.8 Å². The van der Waals surface area contributed by atoms with Gasteiger partial charge in [-0.05, 0) is 24.3 Å². The van der Waals surface area contributed by atoms with Crippen molar-refractivity contribution in [3.8, 4) is 11.5 Å². The minimum atomic E-state index is -0.523. The predicted molar refractivity (Wildman–Crippen MR) is 76.8 cm³/mol. The third-order valence-electron chi connectivity index (χ3n) is 3.54. The Morgan fingerprint density at radius 3 is 2.38 bits per heavy atom. The molecule has 3 rings (SSSR count). The fourth-order valence-corrected chi connectivity index (χ4v) is 2.51. The highest BCUT2D eigenvalue weighted by Crippen LogP contribution is 2.33. The number of hydrogen-bond donors (Lipinski definition) is 2. The summed E-state index contributed by atoms with van der Waals surface area (Å²) in [5.41, 5.74) is 0.829. The number of carbonyl (C=O) groups excluding carboxylic acids is 2. The Morgan fingerprint density at radius 1 is 1.00 bits per heavy atom. The van der Waals surface area contributed by atoms with Crippen LogP contribution in [0, 0.1) is 0 Å². The Labute approximate surface area is 121 Å². The van der Waals surface area contributed by atoms with Gasteiger partial charge in [0.2, 0.25) is 0 Å². The molecular formula is C16H13NO4. The Bertz CT molecular complexity index is 719. The molecule has 1 aliphatic heterocycles. The van der Waals surface area contributed by atoms with E-state index in [1.54, 1.807) is 24.3 Å². The number of hydrogen-bond acceptors (Lipinski definition) is 4. The Hall–Kier alpha value is -2.82. The minimum Gasteiger partial charge on any atom is -0.507 e. The number of para-hydroxylation sites is 1. The zero-order valence-electron chi connectivity index (χ0n) is 11.1. The first-order chi connectivity index (χ1) is 10.1. The summed E-state index contributed by atoms with van der Waals surface area (Å²) >= 11 is 0. The molecule has 0 saturated carbocycles. The third kappa shape index (κ3) is 2.12. The monoisotopic (exact) mass is 283 g/mol. The molecule has 5 nitrogen and oxygen atoms in total. The fourth-order valence-electron chi connectivity index (χ4n) is 2.51. The van der Waals surface area contributed by atoms with Gasteiger partial charge in [0.1, 0.15) is 17.1 Å². The maximum Gasteiger partial charge on any atom is 0.265 e. The van der Waals surface area contributed by atoms with E-state index in [0.29, 0.717) is 11.3 Å². The highest BCUT2D eigenvalue weighted by atomic mass is 16.3. The number of phenols is 2. The number of rotatable bonds is 1. The fraction of sp³-hybridized carbons (Fsp3) is 0.125. The van der Waals surface area contributed by atoms with Gasteiger partial charge in [0.05, 0.1) is 5.69 Å². The van der Waals surface area contributed by atoms with Crippen LogP contribution in [0.5, 0.6) is 11.5 Å². The largest absolute Gasteiger partial charge is 0.507 e. The van der Waals surface area contributed by atoms with E-state index < -0.39 is 5.91 Å². The van der Waals surface area contributed by atoms with Gasteiger partial charge in [-0.1, -0.05) is 18.2 Å². The molecule has 0 radical (unpaired) electrons. The average Bonchev–Trinajstić information content (AvgIpc) is 2.47. The molecular weight excluding hydrogens is 270 g/mol. The van der Waals surface area contributed by atoms with Gasteiger partial charge in [0, 0.05) is 18.5 Å². The van der Waals surface area contributed by atoms with E-state index in [1.807, 2.05) is 0 Å². The first-order valence-corrected chi connectivity index (χ1v) is 6.54. The molecule has 0 aliphatic carbocycles. The van der Waals surface area contributed by atoms with Crippen LogP contribution in [-0.2, 0) is 0 Å². The van der Waals surface area contributed by atoms with Gasteiger partial charge in [-0.25, -0.2) is 0 Å². The van der Waals surface area contributed by atoms with Crippen LogP contribution in [0.1, 0.15) is 27.1 Å². The second-order valence-corrected chi connectivity index (χ2v) is 4.82. The lowest BCUT2D eigenvalue weighted by Crippen LogP contribution is -2.37. The molecule has 1 heterocycles. The molecule has 0 bridgehead atoms. The van der Waals surface area contributed by atoms with Gasteiger partial charge in [0.25, 0.3) is 5.91 Å². The standard InChI is InChI=1S/C16H13NO4/c18-12-8-9-17(11-5-2-1-4-10(11)12)16(21)15-13(19)6-3-7-14(15)20/h1-7,19-20H,8-9H2. The van der Waals surface area contributed by atoms with Crippen molar-refractivity contribution in [2.45, 2.75) is 6.42 Å². The highest BCUT2D eigenvalue weighted by molar-refractivity contribution is 6.15. The lowest BCUT2D eigenvalue weighted by atomic mass is 9.99. The highest BCUT2D eigenvalue weighted by Gasteiger charge is 2.30. The van der Waals surface area contributed by atoms with Crippen LogP contribution in [0.3, 0.4) is 0 Å². The van der Waals surface area contributed by atoms with Gasteiger partial charge in [0.15, 0.2) is 5.78 Å². The van der Waals surface area contributed by atoms with Crippen molar-refractivity contribution in [3.63, 3.8) is 0 Å². The first-order valence-electron chi connectivity index (χ1n) is 6.54. The van der Waals surface area contributed by atoms with Crippen LogP contribution in [0.2, 0.25) is 0 Å². The summed E-state index contributed by atoms with van der Waals surface area (Å²) in [5, 5.41) is 19.6. The van der Waals surface area contributed by atoms with E-state index in [1.165, 1.54) is 23.1 Å². The summed E-state index contributed by atoms with van der Waals surface area (Å²) in [6.45, 7) is 0.225. The van der Waals surface area contributed by atoms with Crippen molar-refractivity contribution in [2.75, 3.05) is 11.4 Å². The van der Waals surface area contributed by atoms with Gasteiger partial charge >= 0.3 is 0 Å². The molecule has 0 aromatic heterocycles. The summed E-state index contributed by atoms with van der Waals surface area (Å²) in [4.78, 5) is 25.9. The van der Waals surface area contributed by atoms with Crippen LogP contribution < -0.4 is 4.90 Å². The molecule has 1 aliphatic rings. The number of fused-ring (bicyclic) bond motifs is 1. The Kier molecular flexibility index (Phi) is 3.10. The molecule has 0 saturated heterocycles. The normalized spacial score (nSPS) is 13.9. The van der Waals surface area contributed by atoms with Gasteiger partial charge in [-0.2, -0.15) is 0 Å². The van der Waals surface area contributed by atoms with E-state index in [-0.39, 0.29) is 35.8 Å². The van der Waals surface area contributed by atoms with Gasteiger partial charge in [-0.15, -0.1) is 0 Å². The van der Waals surface area contributed by atoms with Crippen molar-refractivity contribution in [3.05, 3.63) is 53.6 Å². The maximum atomic E-state index is 12.6. The average molecular weight is 283 g/mol. The number of carbonyl (C=O) groups is 2. The molecule has 0 atom stereocenters. The smallest absolute Gasteiger partial charge is 0.265 e. The number of nitrogens with zero attached hydrogens (tertiary/aromatic N) is 1. The molecule has 2 N–H and O–H groups in total. The van der Waals surface area contributed by atoms with Crippen LogP contribution in [0.15, 0.2) is 42.5 Å². The van der Waals surface area contributed by atoms with E-state index >= 15 is 0 Å². The third-order valence-corrected chi connectivity index (χ3v) is 3.54. The molecule has 0 spiro atoms. The van der Waals surface area contributed by atoms with E-state index in [4.69, 9.17) is 0 Å². The van der Waals surface area contributed by atoms with Crippen molar-refractivity contribution >= 4 is 17.4 Å². The number of Topliss-reactive ketones (excluding diaryl/α,β-unsaturated/α-hetero) is 1. The lowest BCUT2D eigenvalue weighted by molar-refractivity contribution is 0.0953. The predicted octanol–water partition coefficient (Wildman–Crippen LogP) is 2.33. The Balaban J connectivity index is 2.08. The first kappa shape index (κ1) is 13.2. The SMILES string of the molecule is O=C1CCN(C(=O)c2c(O)cccc2O)c2ccccc21. The molecule has 0 fully saturated rings. The Morgan fingerprint density at radius 2 is 1.67 bits per heavy atom. The zero-order chi connectivity index (χ0) is 15.0. The molecule has 0 unspecified atom stereocenters. The van der Waals surface area contributed by atoms with Crippen molar-refractivity contribution < 1.29 is 19.8 Å². The zero-order valence-corrected chi connectivity index (χ0v) is 11.1. The van der Waals surface area contributed by atoms with Crippen LogP contribution in [0.25, 0.3) is 0 Å². The van der Waals surface area contributed by atoms with Crippen LogP contribution in [0.4, 0.5) is 5.69 Å². The summed E-state index contributed by atoms with van der Waals surface area (Å²) < 4.78 is 0. The molecule has 106 valence electrons. The van der Waals surface area contributed by atoms with E-state index in [2.05, 4.69) is 0 Å². The molecule has 5 heteroatoms. The quantitative estimate of drug-likeness (QED) is 0.842. The molecule has 2 aromatic carbocycles. The second kappa shape index (κ2) is 4.94. The minimum absolute atomic E-state index is 0.0174. The van der Waals surface area contributed by atoms with Crippen molar-refractivity contribution in [2.24, 2.45) is 0 Å². The molecule has 2 aromatic rings. The summed E-state index contributed by atoms with van der Waals surface area (Å²) in [5.74, 6) is -1.11. The topological polar surface area (TPSA) is 77.8 Å². The van der Waals surface area contributed by atoms with E-state index in [0.717, 1.165) is 0 Å². The number of amides is 1. The number of aromatic hydroxyl groups is 2. The van der Waals surface area contributed by atoms with Gasteiger partial charge < -0.3 is 15.1 Å². The van der Waals surface area contributed by atoms with Crippen molar-refractivity contribution in [1.29, 1.82) is 0 Å². The van der Waals surface area contributed by atoms with Crippen molar-refractivity contribution in [1.82, 2.24) is 0 Å². The summed E-state index contributed by atoms with van der Waals surface area (Å²) in [7, 11) is 0. The molecule has 21 heavy (non-hydrogen) atoms. The second-order valence-electron chi connectivity index (χ2n) is 4.82. The van der Waals surface area contributed by atoms with Gasteiger partial charge in [-0.3, -0.25) is 9.59 Å². The number of phenolic OH excluding ortho intramolecular Hbond substituents is 2. The number of anilines is 1.